The largest absolute Gasteiger partial charge is 0.374 e. The zero-order valence-corrected chi connectivity index (χ0v) is 16.2. The Morgan fingerprint density at radius 1 is 1.15 bits per heavy atom. The van der Waals surface area contributed by atoms with Crippen LogP contribution in [0.3, 0.4) is 0 Å². The van der Waals surface area contributed by atoms with Crippen molar-refractivity contribution in [3.05, 3.63) is 70.2 Å². The summed E-state index contributed by atoms with van der Waals surface area (Å²) >= 11 is 6.13. The second-order valence-electron chi connectivity index (χ2n) is 7.30. The summed E-state index contributed by atoms with van der Waals surface area (Å²) in [6.07, 6.45) is 3.05. The predicted octanol–water partition coefficient (Wildman–Crippen LogP) is 5.00. The molecule has 4 heteroatoms. The summed E-state index contributed by atoms with van der Waals surface area (Å²) in [7, 11) is 0. The maximum Gasteiger partial charge on any atom is 0.230 e. The van der Waals surface area contributed by atoms with Gasteiger partial charge < -0.3 is 10.1 Å². The minimum absolute atomic E-state index is 0.0956. The molecule has 0 radical (unpaired) electrons. The number of carbonyl (C=O) groups is 1. The van der Waals surface area contributed by atoms with Crippen LogP contribution in [0.15, 0.2) is 48.5 Å². The summed E-state index contributed by atoms with van der Waals surface area (Å²) in [5.41, 5.74) is 2.83. The zero-order valence-electron chi connectivity index (χ0n) is 15.4. The second-order valence-corrected chi connectivity index (χ2v) is 7.74. The van der Waals surface area contributed by atoms with E-state index in [4.69, 9.17) is 16.3 Å². The van der Waals surface area contributed by atoms with E-state index in [0.717, 1.165) is 36.0 Å². The highest BCUT2D eigenvalue weighted by Gasteiger charge is 2.45. The van der Waals surface area contributed by atoms with Crippen molar-refractivity contribution in [3.8, 4) is 0 Å². The van der Waals surface area contributed by atoms with Gasteiger partial charge in [0.15, 0.2) is 0 Å². The predicted molar refractivity (Wildman–Crippen MR) is 105 cm³/mol. The lowest BCUT2D eigenvalue weighted by Gasteiger charge is -2.40. The number of carbonyl (C=O) groups excluding carboxylic acids is 1. The van der Waals surface area contributed by atoms with E-state index in [0.29, 0.717) is 18.2 Å². The molecule has 1 amide bonds. The van der Waals surface area contributed by atoms with Gasteiger partial charge in [-0.25, -0.2) is 0 Å². The molecular weight excluding hydrogens is 346 g/mol. The van der Waals surface area contributed by atoms with Crippen LogP contribution >= 0.6 is 11.6 Å². The fourth-order valence-electron chi connectivity index (χ4n) is 3.33. The number of amides is 1. The third kappa shape index (κ3) is 4.28. The van der Waals surface area contributed by atoms with E-state index in [1.807, 2.05) is 50.2 Å². The Kier molecular flexibility index (Phi) is 6.00. The summed E-state index contributed by atoms with van der Waals surface area (Å²) in [4.78, 5) is 12.9. The highest BCUT2D eigenvalue weighted by molar-refractivity contribution is 6.30. The minimum Gasteiger partial charge on any atom is -0.374 e. The molecule has 2 aromatic rings. The van der Waals surface area contributed by atoms with Crippen molar-refractivity contribution < 1.29 is 9.53 Å². The molecule has 3 rings (SSSR count). The van der Waals surface area contributed by atoms with E-state index in [1.54, 1.807) is 0 Å². The summed E-state index contributed by atoms with van der Waals surface area (Å²) in [5.74, 6) is 0.0956. The van der Waals surface area contributed by atoms with Crippen LogP contribution in [0, 0.1) is 0 Å². The molecule has 0 unspecified atom stereocenters. The van der Waals surface area contributed by atoms with E-state index in [1.165, 1.54) is 0 Å². The summed E-state index contributed by atoms with van der Waals surface area (Å²) in [6, 6.07) is 15.9. The molecule has 0 spiro atoms. The molecule has 138 valence electrons. The van der Waals surface area contributed by atoms with Crippen LogP contribution in [0.5, 0.6) is 0 Å². The van der Waals surface area contributed by atoms with Crippen molar-refractivity contribution in [1.29, 1.82) is 0 Å². The first kappa shape index (κ1) is 18.9. The van der Waals surface area contributed by atoms with Gasteiger partial charge in [0.25, 0.3) is 0 Å². The highest BCUT2D eigenvalue weighted by Crippen LogP contribution is 2.44. The molecule has 0 atom stereocenters. The van der Waals surface area contributed by atoms with E-state index in [9.17, 15) is 4.79 Å². The van der Waals surface area contributed by atoms with Crippen LogP contribution in [-0.2, 0) is 28.1 Å². The minimum atomic E-state index is -0.421. The van der Waals surface area contributed by atoms with Crippen LogP contribution in [0.25, 0.3) is 0 Å². The van der Waals surface area contributed by atoms with Crippen LogP contribution < -0.4 is 5.32 Å². The number of ether oxygens (including phenoxy) is 1. The van der Waals surface area contributed by atoms with E-state index in [-0.39, 0.29) is 12.0 Å². The van der Waals surface area contributed by atoms with Gasteiger partial charge in [0, 0.05) is 11.6 Å². The van der Waals surface area contributed by atoms with Gasteiger partial charge in [-0.3, -0.25) is 4.79 Å². The Morgan fingerprint density at radius 3 is 2.42 bits per heavy atom. The smallest absolute Gasteiger partial charge is 0.230 e. The number of halogens is 1. The molecule has 1 aliphatic carbocycles. The standard InChI is InChI=1S/C22H26ClNO2/c1-16(2)26-15-18-9-7-17(8-10-18)14-24-21(25)22(11-4-12-22)19-5-3-6-20(23)13-19/h3,5-10,13,16H,4,11-12,14-15H2,1-2H3,(H,24,25). The first-order valence-electron chi connectivity index (χ1n) is 9.23. The maximum atomic E-state index is 12.9. The van der Waals surface area contributed by atoms with Gasteiger partial charge in [-0.2, -0.15) is 0 Å². The number of rotatable bonds is 7. The molecule has 3 nitrogen and oxygen atoms in total. The van der Waals surface area contributed by atoms with Crippen LogP contribution in [0.4, 0.5) is 0 Å². The van der Waals surface area contributed by atoms with Crippen LogP contribution in [0.1, 0.15) is 49.8 Å². The Balaban J connectivity index is 1.61. The molecular formula is C22H26ClNO2. The molecule has 1 saturated carbocycles. The van der Waals surface area contributed by atoms with Gasteiger partial charge in [-0.15, -0.1) is 0 Å². The van der Waals surface area contributed by atoms with E-state index < -0.39 is 5.41 Å². The highest BCUT2D eigenvalue weighted by atomic mass is 35.5. The molecule has 1 aliphatic rings. The number of nitrogens with one attached hydrogen (secondary N) is 1. The third-order valence-electron chi connectivity index (χ3n) is 5.08. The van der Waals surface area contributed by atoms with E-state index in [2.05, 4.69) is 17.4 Å². The molecule has 0 saturated heterocycles. The number of hydrogen-bond acceptors (Lipinski definition) is 2. The average Bonchev–Trinajstić information content (AvgIpc) is 2.58. The van der Waals surface area contributed by atoms with Gasteiger partial charge >= 0.3 is 0 Å². The molecule has 0 bridgehead atoms. The molecule has 1 N–H and O–H groups in total. The van der Waals surface area contributed by atoms with Crippen LogP contribution in [0.2, 0.25) is 5.02 Å². The van der Waals surface area contributed by atoms with Crippen LogP contribution in [-0.4, -0.2) is 12.0 Å². The van der Waals surface area contributed by atoms with Gasteiger partial charge in [-0.05, 0) is 55.5 Å². The van der Waals surface area contributed by atoms with Gasteiger partial charge in [0.2, 0.25) is 5.91 Å². The van der Waals surface area contributed by atoms with E-state index >= 15 is 0 Å². The monoisotopic (exact) mass is 371 g/mol. The number of benzene rings is 2. The van der Waals surface area contributed by atoms with Crippen molar-refractivity contribution in [3.63, 3.8) is 0 Å². The van der Waals surface area contributed by atoms with Crippen molar-refractivity contribution in [2.45, 2.75) is 57.8 Å². The summed E-state index contributed by atoms with van der Waals surface area (Å²) < 4.78 is 5.61. The lowest BCUT2D eigenvalue weighted by atomic mass is 9.64. The first-order chi connectivity index (χ1) is 12.5. The van der Waals surface area contributed by atoms with Gasteiger partial charge in [-0.1, -0.05) is 54.4 Å². The Labute approximate surface area is 160 Å². The maximum absolute atomic E-state index is 12.9. The lowest BCUT2D eigenvalue weighted by molar-refractivity contribution is -0.130. The fraction of sp³-hybridized carbons (Fsp3) is 0.409. The molecule has 0 aromatic heterocycles. The Bertz CT molecular complexity index is 751. The van der Waals surface area contributed by atoms with Crippen molar-refractivity contribution in [1.82, 2.24) is 5.32 Å². The fourth-order valence-corrected chi connectivity index (χ4v) is 3.52. The van der Waals surface area contributed by atoms with Gasteiger partial charge in [0.1, 0.15) is 0 Å². The average molecular weight is 372 g/mol. The normalized spacial score (nSPS) is 15.5. The summed E-state index contributed by atoms with van der Waals surface area (Å²) in [6.45, 7) is 5.20. The van der Waals surface area contributed by atoms with Crippen molar-refractivity contribution in [2.75, 3.05) is 0 Å². The number of hydrogen-bond donors (Lipinski definition) is 1. The summed E-state index contributed by atoms with van der Waals surface area (Å²) in [5, 5.41) is 3.80. The molecule has 1 fully saturated rings. The van der Waals surface area contributed by atoms with Crippen molar-refractivity contribution >= 4 is 17.5 Å². The first-order valence-corrected chi connectivity index (χ1v) is 9.61. The zero-order chi connectivity index (χ0) is 18.6. The molecule has 26 heavy (non-hydrogen) atoms. The second kappa shape index (κ2) is 8.24. The lowest BCUT2D eigenvalue weighted by Crippen LogP contribution is -2.49. The van der Waals surface area contributed by atoms with Gasteiger partial charge in [0.05, 0.1) is 18.1 Å². The van der Waals surface area contributed by atoms with Crippen molar-refractivity contribution in [2.24, 2.45) is 0 Å². The quantitative estimate of drug-likeness (QED) is 0.743. The Hall–Kier alpha value is -1.84. The topological polar surface area (TPSA) is 38.3 Å². The SMILES string of the molecule is CC(C)OCc1ccc(CNC(=O)C2(c3cccc(Cl)c3)CCC2)cc1. The Morgan fingerprint density at radius 2 is 1.85 bits per heavy atom. The molecule has 2 aromatic carbocycles. The molecule has 0 aliphatic heterocycles. The third-order valence-corrected chi connectivity index (χ3v) is 5.31. The molecule has 0 heterocycles.